The number of nitrogens with zero attached hydrogens (tertiary/aromatic N) is 1. The molecule has 0 aliphatic heterocycles. The molecule has 6 heteroatoms. The third-order valence-corrected chi connectivity index (χ3v) is 4.79. The average Bonchev–Trinajstić information content (AvgIpc) is 2.54. The second-order valence-electron chi connectivity index (χ2n) is 5.40. The molecule has 2 nitrogen and oxygen atoms in total. The minimum atomic E-state index is -4.51. The summed E-state index contributed by atoms with van der Waals surface area (Å²) < 4.78 is 45.5. The average molecular weight is 443 g/mol. The molecule has 0 saturated heterocycles. The molecule has 124 valence electrons. The third kappa shape index (κ3) is 3.07. The van der Waals surface area contributed by atoms with Crippen molar-refractivity contribution in [3.63, 3.8) is 0 Å². The smallest absolute Gasteiger partial charge is 0.434 e. The quantitative estimate of drug-likeness (QED) is 0.465. The molecule has 3 rings (SSSR count). The predicted octanol–water partition coefficient (Wildman–Crippen LogP) is 5.84. The number of ether oxygens (including phenoxy) is 1. The number of rotatable bonds is 2. The molecule has 0 bridgehead atoms. The van der Waals surface area contributed by atoms with Gasteiger partial charge in [0.2, 0.25) is 0 Å². The van der Waals surface area contributed by atoms with Crippen LogP contribution in [0.2, 0.25) is 0 Å². The van der Waals surface area contributed by atoms with E-state index >= 15 is 0 Å². The van der Waals surface area contributed by atoms with Crippen LogP contribution in [0.4, 0.5) is 13.2 Å². The lowest BCUT2D eigenvalue weighted by Gasteiger charge is -2.16. The van der Waals surface area contributed by atoms with Crippen molar-refractivity contribution in [1.29, 1.82) is 0 Å². The van der Waals surface area contributed by atoms with Gasteiger partial charge in [0.1, 0.15) is 5.75 Å². The van der Waals surface area contributed by atoms with Crippen LogP contribution in [0.3, 0.4) is 0 Å². The Hall–Kier alpha value is -1.83. The highest BCUT2D eigenvalue weighted by atomic mass is 127. The number of fused-ring (bicyclic) bond motifs is 1. The number of aryl methyl sites for hydroxylation is 1. The summed E-state index contributed by atoms with van der Waals surface area (Å²) in [4.78, 5) is 3.84. The third-order valence-electron chi connectivity index (χ3n) is 3.74. The largest absolute Gasteiger partial charge is 0.497 e. The molecule has 0 fully saturated rings. The second kappa shape index (κ2) is 6.23. The summed E-state index contributed by atoms with van der Waals surface area (Å²) in [5, 5.41) is 0.635. The van der Waals surface area contributed by atoms with Gasteiger partial charge in [0.15, 0.2) is 5.69 Å². The maximum absolute atomic E-state index is 13.4. The van der Waals surface area contributed by atoms with Gasteiger partial charge < -0.3 is 4.74 Å². The monoisotopic (exact) mass is 443 g/mol. The fourth-order valence-electron chi connectivity index (χ4n) is 2.54. The summed E-state index contributed by atoms with van der Waals surface area (Å²) >= 11 is 1.73. The van der Waals surface area contributed by atoms with E-state index in [-0.39, 0.29) is 3.57 Å². The normalized spacial score (nSPS) is 11.8. The number of hydrogen-bond acceptors (Lipinski definition) is 2. The van der Waals surface area contributed by atoms with Crippen molar-refractivity contribution in [2.24, 2.45) is 0 Å². The first-order valence-corrected chi connectivity index (χ1v) is 8.20. The summed E-state index contributed by atoms with van der Waals surface area (Å²) in [5.74, 6) is 0.577. The Labute approximate surface area is 150 Å². The van der Waals surface area contributed by atoms with Crippen LogP contribution in [0.1, 0.15) is 11.3 Å². The van der Waals surface area contributed by atoms with Crippen molar-refractivity contribution in [2.75, 3.05) is 7.11 Å². The Bertz CT molecular complexity index is 905. The second-order valence-corrected chi connectivity index (χ2v) is 6.48. The molecule has 1 aromatic heterocycles. The Morgan fingerprint density at radius 2 is 1.71 bits per heavy atom. The summed E-state index contributed by atoms with van der Waals surface area (Å²) in [6.07, 6.45) is -4.51. The number of aromatic nitrogens is 1. The molecule has 0 atom stereocenters. The summed E-state index contributed by atoms with van der Waals surface area (Å²) in [5.41, 5.74) is 1.71. The number of hydrogen-bond donors (Lipinski definition) is 0. The highest BCUT2D eigenvalue weighted by Gasteiger charge is 2.37. The van der Waals surface area contributed by atoms with Crippen molar-refractivity contribution in [2.45, 2.75) is 13.1 Å². The fourth-order valence-corrected chi connectivity index (χ4v) is 3.56. The number of alkyl halides is 3. The van der Waals surface area contributed by atoms with Crippen molar-refractivity contribution < 1.29 is 17.9 Å². The highest BCUT2D eigenvalue weighted by Crippen LogP contribution is 2.41. The van der Waals surface area contributed by atoms with Gasteiger partial charge in [0.25, 0.3) is 0 Å². The van der Waals surface area contributed by atoms with Gasteiger partial charge in [-0.2, -0.15) is 13.2 Å². The topological polar surface area (TPSA) is 22.1 Å². The molecule has 0 spiro atoms. The lowest BCUT2D eigenvalue weighted by molar-refractivity contribution is -0.141. The van der Waals surface area contributed by atoms with E-state index in [0.717, 1.165) is 11.1 Å². The first-order chi connectivity index (χ1) is 11.3. The van der Waals surface area contributed by atoms with E-state index in [1.807, 2.05) is 31.2 Å². The molecular formula is C18H13F3INO. The fraction of sp³-hybridized carbons (Fsp3) is 0.167. The molecule has 3 aromatic rings. The zero-order valence-electron chi connectivity index (χ0n) is 12.9. The van der Waals surface area contributed by atoms with Crippen molar-refractivity contribution >= 4 is 33.5 Å². The minimum absolute atomic E-state index is 0.0877. The molecule has 0 aliphatic rings. The molecular weight excluding hydrogens is 430 g/mol. The van der Waals surface area contributed by atoms with Crippen LogP contribution in [-0.2, 0) is 6.18 Å². The maximum Gasteiger partial charge on any atom is 0.434 e. The number of benzene rings is 2. The molecule has 0 radical (unpaired) electrons. The van der Waals surface area contributed by atoms with Gasteiger partial charge in [-0.25, -0.2) is 4.98 Å². The molecule has 0 aliphatic carbocycles. The molecule has 0 amide bonds. The first kappa shape index (κ1) is 17.0. The Balaban J connectivity index is 2.41. The molecule has 0 unspecified atom stereocenters. The number of methoxy groups -OCH3 is 1. The van der Waals surface area contributed by atoms with Gasteiger partial charge in [-0.1, -0.05) is 29.8 Å². The molecule has 1 heterocycles. The van der Waals surface area contributed by atoms with Crippen LogP contribution < -0.4 is 4.74 Å². The van der Waals surface area contributed by atoms with E-state index < -0.39 is 11.9 Å². The van der Waals surface area contributed by atoms with Crippen LogP contribution in [0.5, 0.6) is 5.75 Å². The van der Waals surface area contributed by atoms with E-state index in [9.17, 15) is 13.2 Å². The molecule has 24 heavy (non-hydrogen) atoms. The SMILES string of the molecule is COc1ccc2nc(C(F)(F)F)c(I)c(-c3ccc(C)cc3)c2c1. The van der Waals surface area contributed by atoms with E-state index in [1.54, 1.807) is 40.8 Å². The Morgan fingerprint density at radius 3 is 2.29 bits per heavy atom. The van der Waals surface area contributed by atoms with E-state index in [4.69, 9.17) is 4.74 Å². The number of halogens is 4. The molecule has 0 N–H and O–H groups in total. The van der Waals surface area contributed by atoms with Gasteiger partial charge in [-0.15, -0.1) is 0 Å². The van der Waals surface area contributed by atoms with E-state index in [2.05, 4.69) is 4.98 Å². The Kier molecular flexibility index (Phi) is 4.42. The Morgan fingerprint density at radius 1 is 1.04 bits per heavy atom. The zero-order valence-corrected chi connectivity index (χ0v) is 15.1. The van der Waals surface area contributed by atoms with Crippen LogP contribution in [0.15, 0.2) is 42.5 Å². The summed E-state index contributed by atoms with van der Waals surface area (Å²) in [7, 11) is 1.52. The van der Waals surface area contributed by atoms with Gasteiger partial charge in [-0.3, -0.25) is 0 Å². The lowest BCUT2D eigenvalue weighted by atomic mass is 9.99. The molecule has 2 aromatic carbocycles. The van der Waals surface area contributed by atoms with E-state index in [1.165, 1.54) is 7.11 Å². The highest BCUT2D eigenvalue weighted by molar-refractivity contribution is 14.1. The van der Waals surface area contributed by atoms with E-state index in [0.29, 0.717) is 22.2 Å². The lowest BCUT2D eigenvalue weighted by Crippen LogP contribution is -2.12. The van der Waals surface area contributed by atoms with Crippen LogP contribution in [0, 0.1) is 10.5 Å². The minimum Gasteiger partial charge on any atom is -0.497 e. The first-order valence-electron chi connectivity index (χ1n) is 7.12. The number of pyridine rings is 1. The predicted molar refractivity (Wildman–Crippen MR) is 96.2 cm³/mol. The van der Waals surface area contributed by atoms with Crippen LogP contribution in [0.25, 0.3) is 22.0 Å². The summed E-state index contributed by atoms with van der Waals surface area (Å²) in [6, 6.07) is 12.3. The summed E-state index contributed by atoms with van der Waals surface area (Å²) in [6.45, 7) is 1.93. The van der Waals surface area contributed by atoms with Crippen molar-refractivity contribution in [3.8, 4) is 16.9 Å². The van der Waals surface area contributed by atoms with Gasteiger partial charge in [0, 0.05) is 10.9 Å². The van der Waals surface area contributed by atoms with Crippen molar-refractivity contribution in [3.05, 3.63) is 57.3 Å². The maximum atomic E-state index is 13.4. The zero-order chi connectivity index (χ0) is 17.5. The molecule has 0 saturated carbocycles. The van der Waals surface area contributed by atoms with Gasteiger partial charge in [-0.05, 0) is 53.3 Å². The van der Waals surface area contributed by atoms with Crippen molar-refractivity contribution in [1.82, 2.24) is 4.98 Å². The van der Waals surface area contributed by atoms with Crippen LogP contribution in [-0.4, -0.2) is 12.1 Å². The van der Waals surface area contributed by atoms with Gasteiger partial charge >= 0.3 is 6.18 Å². The standard InChI is InChI=1S/C18H13F3INO/c1-10-3-5-11(6-4-10)15-13-9-12(24-2)7-8-14(13)23-17(16(15)22)18(19,20)21/h3-9H,1-2H3. The van der Waals surface area contributed by atoms with Crippen LogP contribution >= 0.6 is 22.6 Å². The van der Waals surface area contributed by atoms with Gasteiger partial charge in [0.05, 0.1) is 16.2 Å².